The molecule has 4 rings (SSSR count). The lowest BCUT2D eigenvalue weighted by atomic mass is 9.95. The highest BCUT2D eigenvalue weighted by molar-refractivity contribution is 7.17. The Hall–Kier alpha value is -4.44. The number of carbonyl (C=O) groups excluding carboxylic acids is 3. The van der Waals surface area contributed by atoms with Crippen LogP contribution in [-0.4, -0.2) is 46.1 Å². The number of ether oxygens (including phenoxy) is 2. The number of ketones is 1. The van der Waals surface area contributed by atoms with Crippen molar-refractivity contribution < 1.29 is 34.1 Å². The number of hydrogen-bond acceptors (Lipinski definition) is 9. The Morgan fingerprint density at radius 3 is 2.59 bits per heavy atom. The maximum Gasteiger partial charge on any atom is 0.350 e. The molecule has 3 aromatic rings. The molecule has 0 spiro atoms. The summed E-state index contributed by atoms with van der Waals surface area (Å²) in [7, 11) is 0. The molecule has 2 N–H and O–H groups in total. The molecule has 0 saturated carbocycles. The van der Waals surface area contributed by atoms with Crippen LogP contribution in [0.25, 0.3) is 5.76 Å². The van der Waals surface area contributed by atoms with Gasteiger partial charge < -0.3 is 19.7 Å². The summed E-state index contributed by atoms with van der Waals surface area (Å²) < 4.78 is 10.5. The van der Waals surface area contributed by atoms with E-state index < -0.39 is 29.5 Å². The van der Waals surface area contributed by atoms with Crippen molar-refractivity contribution in [3.8, 4) is 11.5 Å². The summed E-state index contributed by atoms with van der Waals surface area (Å²) in [6, 6.07) is 11.3. The van der Waals surface area contributed by atoms with Crippen LogP contribution in [0.15, 0.2) is 66.8 Å². The second kappa shape index (κ2) is 10.7. The Kier molecular flexibility index (Phi) is 7.40. The van der Waals surface area contributed by atoms with E-state index in [0.29, 0.717) is 23.6 Å². The van der Waals surface area contributed by atoms with Crippen LogP contribution >= 0.6 is 11.3 Å². The number of Topliss-reactive ketones (excluding diaryl/α,β-unsaturated/α-hetero) is 1. The summed E-state index contributed by atoms with van der Waals surface area (Å²) in [6.07, 6.45) is 1.60. The topological polar surface area (TPSA) is 126 Å². The van der Waals surface area contributed by atoms with E-state index in [-0.39, 0.29) is 33.5 Å². The van der Waals surface area contributed by atoms with Crippen LogP contribution in [0.5, 0.6) is 11.5 Å². The second-order valence-corrected chi connectivity index (χ2v) is 9.00. The third-order valence-corrected chi connectivity index (χ3v) is 6.71. The molecule has 1 fully saturated rings. The highest BCUT2D eigenvalue weighted by atomic mass is 32.1. The normalized spacial score (nSPS) is 16.6. The fourth-order valence-electron chi connectivity index (χ4n) is 3.93. The van der Waals surface area contributed by atoms with E-state index in [4.69, 9.17) is 9.47 Å². The van der Waals surface area contributed by atoms with Crippen molar-refractivity contribution in [2.45, 2.75) is 19.9 Å². The molecule has 0 radical (unpaired) electrons. The maximum absolute atomic E-state index is 13.3. The van der Waals surface area contributed by atoms with Gasteiger partial charge >= 0.3 is 11.9 Å². The average molecular weight is 521 g/mol. The molecule has 1 saturated heterocycles. The van der Waals surface area contributed by atoms with Gasteiger partial charge in [0.25, 0.3) is 5.78 Å². The first-order chi connectivity index (χ1) is 17.8. The van der Waals surface area contributed by atoms with E-state index in [1.807, 2.05) is 0 Å². The van der Waals surface area contributed by atoms with Gasteiger partial charge in [0.2, 0.25) is 0 Å². The van der Waals surface area contributed by atoms with Gasteiger partial charge in [-0.3, -0.25) is 14.5 Å². The van der Waals surface area contributed by atoms with Crippen molar-refractivity contribution in [1.82, 2.24) is 4.98 Å². The van der Waals surface area contributed by atoms with Crippen molar-refractivity contribution in [3.63, 3.8) is 0 Å². The average Bonchev–Trinajstić information content (AvgIpc) is 3.39. The fraction of sp³-hybridized carbons (Fsp3) is 0.185. The number of aromatic hydroxyl groups is 1. The number of hydrogen-bond donors (Lipinski definition) is 2. The van der Waals surface area contributed by atoms with Crippen molar-refractivity contribution >= 4 is 39.9 Å². The van der Waals surface area contributed by atoms with Crippen molar-refractivity contribution in [1.29, 1.82) is 0 Å². The largest absolute Gasteiger partial charge is 0.508 e. The molecule has 0 aliphatic carbocycles. The summed E-state index contributed by atoms with van der Waals surface area (Å²) in [4.78, 5) is 44.6. The molecule has 1 aliphatic rings. The van der Waals surface area contributed by atoms with Gasteiger partial charge in [-0.15, -0.1) is 0 Å². The number of carbonyl (C=O) groups is 3. The minimum Gasteiger partial charge on any atom is -0.508 e. The van der Waals surface area contributed by atoms with Crippen LogP contribution in [0.1, 0.15) is 39.5 Å². The number of benzene rings is 2. The third-order valence-electron chi connectivity index (χ3n) is 5.58. The molecule has 0 bridgehead atoms. The SMILES string of the molecule is C=CCOc1ccc(/C(O)=C2\C(=O)C(=O)N(c3nc(C)c(C(=O)OCC)s3)[C@@H]2c2cccc(O)c2)cc1. The van der Waals surface area contributed by atoms with Gasteiger partial charge in [-0.2, -0.15) is 0 Å². The molecule has 1 aliphatic heterocycles. The van der Waals surface area contributed by atoms with Gasteiger partial charge in [-0.05, 0) is 55.8 Å². The summed E-state index contributed by atoms with van der Waals surface area (Å²) in [5.74, 6) is -2.40. The summed E-state index contributed by atoms with van der Waals surface area (Å²) >= 11 is 0.908. The van der Waals surface area contributed by atoms with E-state index in [2.05, 4.69) is 11.6 Å². The van der Waals surface area contributed by atoms with Crippen molar-refractivity contribution in [2.24, 2.45) is 0 Å². The van der Waals surface area contributed by atoms with E-state index >= 15 is 0 Å². The molecule has 37 heavy (non-hydrogen) atoms. The van der Waals surface area contributed by atoms with Crippen LogP contribution in [0.2, 0.25) is 0 Å². The number of aromatic nitrogens is 1. The molecule has 9 nitrogen and oxygen atoms in total. The monoisotopic (exact) mass is 520 g/mol. The summed E-state index contributed by atoms with van der Waals surface area (Å²) in [6.45, 7) is 7.33. The number of anilines is 1. The molecule has 1 amide bonds. The minimum absolute atomic E-state index is 0.0863. The number of aliphatic hydroxyl groups is 1. The lowest BCUT2D eigenvalue weighted by molar-refractivity contribution is -0.132. The molecule has 1 atom stereocenters. The molecule has 0 unspecified atom stereocenters. The fourth-order valence-corrected chi connectivity index (χ4v) is 4.92. The molecule has 10 heteroatoms. The number of rotatable bonds is 8. The van der Waals surface area contributed by atoms with Gasteiger partial charge in [-0.25, -0.2) is 9.78 Å². The van der Waals surface area contributed by atoms with Crippen LogP contribution in [0, 0.1) is 6.92 Å². The highest BCUT2D eigenvalue weighted by Crippen LogP contribution is 2.44. The Morgan fingerprint density at radius 2 is 1.95 bits per heavy atom. The van der Waals surface area contributed by atoms with Crippen LogP contribution in [0.4, 0.5) is 5.13 Å². The van der Waals surface area contributed by atoms with Crippen LogP contribution in [-0.2, 0) is 14.3 Å². The Labute approximate surface area is 216 Å². The standard InChI is InChI=1S/C27H24N2O7S/c1-4-13-36-19-11-9-16(10-12-19)22(31)20-21(17-7-6-8-18(30)14-17)29(25(33)23(20)32)27-28-15(3)24(37-27)26(34)35-5-2/h4,6-12,14,21,30-31H,1,5,13H2,2-3H3/b22-20+/t21-/m1/s1. The first-order valence-electron chi connectivity index (χ1n) is 11.3. The molecular formula is C27H24N2O7S. The van der Waals surface area contributed by atoms with Crippen molar-refractivity contribution in [3.05, 3.63) is 88.5 Å². The molecule has 2 heterocycles. The minimum atomic E-state index is -1.11. The molecule has 190 valence electrons. The Bertz CT molecular complexity index is 1410. The first-order valence-corrected chi connectivity index (χ1v) is 12.2. The maximum atomic E-state index is 13.3. The molecular weight excluding hydrogens is 496 g/mol. The van der Waals surface area contributed by atoms with Gasteiger partial charge in [0.05, 0.1) is 23.9 Å². The number of nitrogens with zero attached hydrogens (tertiary/aromatic N) is 2. The van der Waals surface area contributed by atoms with Crippen molar-refractivity contribution in [2.75, 3.05) is 18.1 Å². The number of amides is 1. The smallest absolute Gasteiger partial charge is 0.350 e. The quantitative estimate of drug-likeness (QED) is 0.146. The van der Waals surface area contributed by atoms with Gasteiger partial charge in [0.15, 0.2) is 5.13 Å². The zero-order valence-corrected chi connectivity index (χ0v) is 20.9. The third kappa shape index (κ3) is 4.96. The molecule has 2 aromatic carbocycles. The van der Waals surface area contributed by atoms with Gasteiger partial charge in [0.1, 0.15) is 28.7 Å². The first kappa shape index (κ1) is 25.6. The number of thiazole rings is 1. The lowest BCUT2D eigenvalue weighted by Crippen LogP contribution is -2.29. The number of aliphatic hydroxyl groups excluding tert-OH is 1. The lowest BCUT2D eigenvalue weighted by Gasteiger charge is -2.23. The highest BCUT2D eigenvalue weighted by Gasteiger charge is 2.48. The van der Waals surface area contributed by atoms with E-state index in [0.717, 1.165) is 16.2 Å². The predicted molar refractivity (Wildman–Crippen MR) is 138 cm³/mol. The second-order valence-electron chi connectivity index (χ2n) is 8.02. The number of phenols is 1. The van der Waals surface area contributed by atoms with E-state index in [1.54, 1.807) is 56.3 Å². The molecule has 1 aromatic heterocycles. The van der Waals surface area contributed by atoms with E-state index in [1.165, 1.54) is 12.1 Å². The predicted octanol–water partition coefficient (Wildman–Crippen LogP) is 4.52. The Balaban J connectivity index is 1.85. The van der Waals surface area contributed by atoms with Gasteiger partial charge in [0, 0.05) is 5.56 Å². The number of phenolic OH excluding ortho intramolecular Hbond substituents is 1. The summed E-state index contributed by atoms with van der Waals surface area (Å²) in [5, 5.41) is 21.4. The zero-order valence-electron chi connectivity index (χ0n) is 20.1. The number of aryl methyl sites for hydroxylation is 1. The number of esters is 1. The zero-order chi connectivity index (χ0) is 26.7. The van der Waals surface area contributed by atoms with Crippen LogP contribution in [0.3, 0.4) is 0 Å². The van der Waals surface area contributed by atoms with Gasteiger partial charge in [-0.1, -0.05) is 36.1 Å². The van der Waals surface area contributed by atoms with Crippen LogP contribution < -0.4 is 9.64 Å². The van der Waals surface area contributed by atoms with E-state index in [9.17, 15) is 24.6 Å². The summed E-state index contributed by atoms with van der Waals surface area (Å²) in [5.41, 5.74) is 0.819. The Morgan fingerprint density at radius 1 is 1.22 bits per heavy atom.